The molecule has 1 spiro atoms. The Morgan fingerprint density at radius 3 is 2.54 bits per heavy atom. The minimum atomic E-state index is -0.405. The summed E-state index contributed by atoms with van der Waals surface area (Å²) in [6.07, 6.45) is 3.04. The molecule has 24 heavy (non-hydrogen) atoms. The Bertz CT molecular complexity index is 612. The first-order valence-electron chi connectivity index (χ1n) is 8.97. The molecule has 1 aromatic rings. The predicted molar refractivity (Wildman–Crippen MR) is 90.6 cm³/mol. The van der Waals surface area contributed by atoms with Gasteiger partial charge in [0.1, 0.15) is 0 Å². The van der Waals surface area contributed by atoms with Gasteiger partial charge >= 0.3 is 0 Å². The number of nitrogens with zero attached hydrogens (tertiary/aromatic N) is 1. The number of methoxy groups -OCH3 is 2. The van der Waals surface area contributed by atoms with Gasteiger partial charge in [-0.25, -0.2) is 0 Å². The van der Waals surface area contributed by atoms with Gasteiger partial charge < -0.3 is 18.9 Å². The summed E-state index contributed by atoms with van der Waals surface area (Å²) >= 11 is 0. The molecule has 3 aliphatic rings. The largest absolute Gasteiger partial charge is 0.493 e. The van der Waals surface area contributed by atoms with Gasteiger partial charge in [-0.15, -0.1) is 0 Å². The molecule has 3 aliphatic heterocycles. The highest BCUT2D eigenvalue weighted by molar-refractivity contribution is 5.49. The molecule has 0 radical (unpaired) electrons. The lowest BCUT2D eigenvalue weighted by Crippen LogP contribution is -2.55. The third-order valence-electron chi connectivity index (χ3n) is 5.94. The van der Waals surface area contributed by atoms with Gasteiger partial charge in [-0.3, -0.25) is 4.90 Å². The van der Waals surface area contributed by atoms with E-state index in [4.69, 9.17) is 18.9 Å². The topological polar surface area (TPSA) is 40.2 Å². The highest BCUT2D eigenvalue weighted by atomic mass is 16.7. The minimum absolute atomic E-state index is 0.328. The summed E-state index contributed by atoms with van der Waals surface area (Å²) in [5, 5.41) is 0. The zero-order valence-electron chi connectivity index (χ0n) is 14.8. The summed E-state index contributed by atoms with van der Waals surface area (Å²) in [4.78, 5) is 2.60. The Morgan fingerprint density at radius 1 is 1.17 bits per heavy atom. The normalized spacial score (nSPS) is 28.5. The first-order chi connectivity index (χ1) is 11.7. The van der Waals surface area contributed by atoms with Crippen molar-refractivity contribution in [3.05, 3.63) is 23.3 Å². The maximum Gasteiger partial charge on any atom is 0.174 e. The lowest BCUT2D eigenvalue weighted by molar-refractivity contribution is -0.234. The van der Waals surface area contributed by atoms with E-state index in [-0.39, 0.29) is 0 Å². The molecule has 3 heterocycles. The van der Waals surface area contributed by atoms with Crippen LogP contribution in [0.25, 0.3) is 0 Å². The molecule has 0 bridgehead atoms. The van der Waals surface area contributed by atoms with Crippen molar-refractivity contribution in [2.24, 2.45) is 5.92 Å². The lowest BCUT2D eigenvalue weighted by atomic mass is 9.78. The molecule has 5 heteroatoms. The molecule has 2 saturated heterocycles. The van der Waals surface area contributed by atoms with Crippen LogP contribution in [0.2, 0.25) is 0 Å². The highest BCUT2D eigenvalue weighted by Crippen LogP contribution is 2.49. The van der Waals surface area contributed by atoms with Crippen LogP contribution in [0.3, 0.4) is 0 Å². The summed E-state index contributed by atoms with van der Waals surface area (Å²) in [5.41, 5.74) is 2.70. The highest BCUT2D eigenvalue weighted by Gasteiger charge is 2.51. The van der Waals surface area contributed by atoms with Gasteiger partial charge in [0.15, 0.2) is 17.3 Å². The molecule has 4 rings (SSSR count). The molecular formula is C19H27NO4. The Hall–Kier alpha value is -1.30. The van der Waals surface area contributed by atoms with Crippen LogP contribution in [-0.4, -0.2) is 51.2 Å². The lowest BCUT2D eigenvalue weighted by Gasteiger charge is -2.50. The van der Waals surface area contributed by atoms with E-state index in [9.17, 15) is 0 Å². The molecule has 5 nitrogen and oxygen atoms in total. The van der Waals surface area contributed by atoms with Gasteiger partial charge in [0, 0.05) is 31.5 Å². The van der Waals surface area contributed by atoms with Crippen molar-refractivity contribution in [3.63, 3.8) is 0 Å². The van der Waals surface area contributed by atoms with Gasteiger partial charge in [-0.05, 0) is 36.1 Å². The SMILES string of the molecule is CC[C@@H]1CN2CCc3cc(OC)c(OC)cc3[C@H]2CC12OCCO2. The average Bonchev–Trinajstić information content (AvgIpc) is 3.08. The third kappa shape index (κ3) is 2.41. The molecule has 0 N–H and O–H groups in total. The average molecular weight is 333 g/mol. The number of fused-ring (bicyclic) bond motifs is 3. The van der Waals surface area contributed by atoms with E-state index in [0.29, 0.717) is 25.2 Å². The molecular weight excluding hydrogens is 306 g/mol. The second-order valence-electron chi connectivity index (χ2n) is 6.98. The van der Waals surface area contributed by atoms with Crippen molar-refractivity contribution in [2.45, 2.75) is 38.0 Å². The summed E-state index contributed by atoms with van der Waals surface area (Å²) in [6.45, 7) is 5.78. The van der Waals surface area contributed by atoms with E-state index in [1.807, 2.05) is 0 Å². The molecule has 0 aliphatic carbocycles. The number of piperidine rings is 1. The fourth-order valence-corrected chi connectivity index (χ4v) is 4.66. The predicted octanol–water partition coefficient (Wildman–Crippen LogP) is 2.78. The zero-order chi connectivity index (χ0) is 16.7. The Morgan fingerprint density at radius 2 is 1.88 bits per heavy atom. The second kappa shape index (κ2) is 6.21. The van der Waals surface area contributed by atoms with Crippen molar-refractivity contribution in [1.82, 2.24) is 4.90 Å². The van der Waals surface area contributed by atoms with Crippen molar-refractivity contribution in [2.75, 3.05) is 40.5 Å². The number of hydrogen-bond acceptors (Lipinski definition) is 5. The van der Waals surface area contributed by atoms with Gasteiger partial charge in [-0.2, -0.15) is 0 Å². The van der Waals surface area contributed by atoms with Crippen molar-refractivity contribution in [3.8, 4) is 11.5 Å². The van der Waals surface area contributed by atoms with E-state index in [1.54, 1.807) is 14.2 Å². The fraction of sp³-hybridized carbons (Fsp3) is 0.684. The first kappa shape index (κ1) is 16.2. The van der Waals surface area contributed by atoms with Gasteiger partial charge in [0.2, 0.25) is 0 Å². The zero-order valence-corrected chi connectivity index (χ0v) is 14.8. The van der Waals surface area contributed by atoms with Crippen LogP contribution in [0, 0.1) is 5.92 Å². The molecule has 1 aromatic carbocycles. The number of rotatable bonds is 3. The van der Waals surface area contributed by atoms with Crippen molar-refractivity contribution in [1.29, 1.82) is 0 Å². The summed E-state index contributed by atoms with van der Waals surface area (Å²) < 4.78 is 23.3. The van der Waals surface area contributed by atoms with Crippen LogP contribution in [0.5, 0.6) is 11.5 Å². The van der Waals surface area contributed by atoms with E-state index in [2.05, 4.69) is 24.0 Å². The fourth-order valence-electron chi connectivity index (χ4n) is 4.66. The van der Waals surface area contributed by atoms with Gasteiger partial charge in [-0.1, -0.05) is 6.92 Å². The van der Waals surface area contributed by atoms with Crippen LogP contribution in [0.4, 0.5) is 0 Å². The van der Waals surface area contributed by atoms with Gasteiger partial charge in [0.05, 0.1) is 27.4 Å². The molecule has 0 aromatic heterocycles. The smallest absolute Gasteiger partial charge is 0.174 e. The van der Waals surface area contributed by atoms with Crippen LogP contribution in [0.15, 0.2) is 12.1 Å². The Labute approximate surface area is 143 Å². The maximum absolute atomic E-state index is 6.15. The summed E-state index contributed by atoms with van der Waals surface area (Å²) in [5.74, 6) is 1.66. The standard InChI is InChI=1S/C19H27NO4/c1-4-14-12-20-6-5-13-9-17(21-2)18(22-3)10-15(13)16(20)11-19(14)23-7-8-24-19/h9-10,14,16H,4-8,11-12H2,1-3H3/t14-,16-/m1/s1. The van der Waals surface area contributed by atoms with Crippen molar-refractivity contribution >= 4 is 0 Å². The van der Waals surface area contributed by atoms with Crippen LogP contribution in [-0.2, 0) is 15.9 Å². The number of benzene rings is 1. The van der Waals surface area contributed by atoms with Crippen molar-refractivity contribution < 1.29 is 18.9 Å². The van der Waals surface area contributed by atoms with E-state index in [1.165, 1.54) is 11.1 Å². The van der Waals surface area contributed by atoms with Crippen LogP contribution in [0.1, 0.15) is 36.9 Å². The van der Waals surface area contributed by atoms with E-state index in [0.717, 1.165) is 43.9 Å². The monoisotopic (exact) mass is 333 g/mol. The molecule has 0 amide bonds. The molecule has 2 atom stereocenters. The van der Waals surface area contributed by atoms with E-state index >= 15 is 0 Å². The third-order valence-corrected chi connectivity index (χ3v) is 5.94. The van der Waals surface area contributed by atoms with Gasteiger partial charge in [0.25, 0.3) is 0 Å². The maximum atomic E-state index is 6.15. The van der Waals surface area contributed by atoms with Crippen LogP contribution >= 0.6 is 0 Å². The minimum Gasteiger partial charge on any atom is -0.493 e. The number of ether oxygens (including phenoxy) is 4. The molecule has 2 fully saturated rings. The second-order valence-corrected chi connectivity index (χ2v) is 6.98. The Balaban J connectivity index is 1.72. The Kier molecular flexibility index (Phi) is 4.19. The van der Waals surface area contributed by atoms with E-state index < -0.39 is 5.79 Å². The molecule has 132 valence electrons. The molecule has 0 unspecified atom stereocenters. The number of hydrogen-bond donors (Lipinski definition) is 0. The summed E-state index contributed by atoms with van der Waals surface area (Å²) in [7, 11) is 3.39. The summed E-state index contributed by atoms with van der Waals surface area (Å²) in [6, 6.07) is 4.62. The quantitative estimate of drug-likeness (QED) is 0.851. The molecule has 0 saturated carbocycles. The van der Waals surface area contributed by atoms with Crippen LogP contribution < -0.4 is 9.47 Å². The first-order valence-corrected chi connectivity index (χ1v) is 8.97.